The monoisotopic (exact) mass is 284 g/mol. The summed E-state index contributed by atoms with van der Waals surface area (Å²) in [6.07, 6.45) is 2.23. The summed E-state index contributed by atoms with van der Waals surface area (Å²) in [7, 11) is 0. The molecule has 0 aliphatic carbocycles. The van der Waals surface area contributed by atoms with Crippen LogP contribution >= 0.6 is 11.6 Å². The normalized spacial score (nSPS) is 13.4. The Balaban J connectivity index is 2.26. The van der Waals surface area contributed by atoms with Crippen molar-refractivity contribution in [3.8, 4) is 11.5 Å². The van der Waals surface area contributed by atoms with E-state index in [-0.39, 0.29) is 6.42 Å². The second-order valence-electron chi connectivity index (χ2n) is 4.45. The van der Waals surface area contributed by atoms with Crippen molar-refractivity contribution in [2.75, 3.05) is 13.2 Å². The van der Waals surface area contributed by atoms with Crippen LogP contribution < -0.4 is 9.47 Å². The Morgan fingerprint density at radius 2 is 2.16 bits per heavy atom. The van der Waals surface area contributed by atoms with E-state index in [9.17, 15) is 4.79 Å². The van der Waals surface area contributed by atoms with Gasteiger partial charge in [-0.3, -0.25) is 4.79 Å². The third-order valence-corrected chi connectivity index (χ3v) is 3.56. The van der Waals surface area contributed by atoms with Crippen molar-refractivity contribution in [2.24, 2.45) is 0 Å². The standard InChI is InChI=1S/C14H17ClO4/c1-2-10-9(4-3-5-12(16)17)8-11-14(13(10)15)19-7-6-18-11/h8H,2-7H2,1H3,(H,16,17). The van der Waals surface area contributed by atoms with Gasteiger partial charge in [0.2, 0.25) is 0 Å². The van der Waals surface area contributed by atoms with Gasteiger partial charge >= 0.3 is 5.97 Å². The molecule has 0 radical (unpaired) electrons. The van der Waals surface area contributed by atoms with Gasteiger partial charge < -0.3 is 14.6 Å². The van der Waals surface area contributed by atoms with Crippen molar-refractivity contribution in [2.45, 2.75) is 32.6 Å². The maximum Gasteiger partial charge on any atom is 0.303 e. The molecule has 0 saturated heterocycles. The molecule has 0 saturated carbocycles. The van der Waals surface area contributed by atoms with Gasteiger partial charge in [0, 0.05) is 6.42 Å². The van der Waals surface area contributed by atoms with Gasteiger partial charge in [-0.05, 0) is 36.5 Å². The van der Waals surface area contributed by atoms with Gasteiger partial charge in [0.25, 0.3) is 0 Å². The Labute approximate surface area is 117 Å². The zero-order chi connectivity index (χ0) is 13.8. The van der Waals surface area contributed by atoms with Crippen LogP contribution in [-0.2, 0) is 17.6 Å². The third kappa shape index (κ3) is 3.13. The Bertz CT molecular complexity index is 485. The molecule has 0 unspecified atom stereocenters. The van der Waals surface area contributed by atoms with E-state index in [1.807, 2.05) is 13.0 Å². The lowest BCUT2D eigenvalue weighted by molar-refractivity contribution is -0.137. The summed E-state index contributed by atoms with van der Waals surface area (Å²) in [5, 5.41) is 9.30. The highest BCUT2D eigenvalue weighted by atomic mass is 35.5. The summed E-state index contributed by atoms with van der Waals surface area (Å²) in [6.45, 7) is 3.05. The maximum absolute atomic E-state index is 10.6. The van der Waals surface area contributed by atoms with Gasteiger partial charge in [0.15, 0.2) is 11.5 Å². The number of fused-ring (bicyclic) bond motifs is 1. The van der Waals surface area contributed by atoms with E-state index in [1.54, 1.807) is 0 Å². The van der Waals surface area contributed by atoms with E-state index in [4.69, 9.17) is 26.2 Å². The minimum Gasteiger partial charge on any atom is -0.486 e. The predicted octanol–water partition coefficient (Wildman–Crippen LogP) is 3.08. The Kier molecular flexibility index (Phi) is 4.53. The number of rotatable bonds is 5. The number of hydrogen-bond acceptors (Lipinski definition) is 3. The minimum absolute atomic E-state index is 0.162. The summed E-state index contributed by atoms with van der Waals surface area (Å²) in [6, 6.07) is 1.93. The van der Waals surface area contributed by atoms with E-state index in [2.05, 4.69) is 0 Å². The van der Waals surface area contributed by atoms with E-state index in [0.29, 0.717) is 42.6 Å². The van der Waals surface area contributed by atoms with Crippen LogP contribution in [-0.4, -0.2) is 24.3 Å². The zero-order valence-corrected chi connectivity index (χ0v) is 11.6. The second-order valence-corrected chi connectivity index (χ2v) is 4.83. The van der Waals surface area contributed by atoms with Crippen molar-refractivity contribution >= 4 is 17.6 Å². The number of aliphatic carboxylic acids is 1. The Hall–Kier alpha value is -1.42. The van der Waals surface area contributed by atoms with E-state index >= 15 is 0 Å². The number of halogens is 1. The van der Waals surface area contributed by atoms with Crippen LogP contribution in [0.3, 0.4) is 0 Å². The average molecular weight is 285 g/mol. The SMILES string of the molecule is CCc1c(CCCC(=O)O)cc2c(c1Cl)OCCO2. The second kappa shape index (κ2) is 6.15. The fraction of sp³-hybridized carbons (Fsp3) is 0.500. The van der Waals surface area contributed by atoms with Crippen LogP contribution in [0.25, 0.3) is 0 Å². The van der Waals surface area contributed by atoms with Gasteiger partial charge in [0.05, 0.1) is 5.02 Å². The molecule has 0 bridgehead atoms. The van der Waals surface area contributed by atoms with Gasteiger partial charge in [-0.1, -0.05) is 18.5 Å². The molecular formula is C14H17ClO4. The summed E-state index contributed by atoms with van der Waals surface area (Å²) < 4.78 is 11.1. The fourth-order valence-electron chi connectivity index (χ4n) is 2.27. The number of carboxylic acid groups (broad SMARTS) is 1. The molecule has 19 heavy (non-hydrogen) atoms. The van der Waals surface area contributed by atoms with Crippen LogP contribution in [0.4, 0.5) is 0 Å². The molecular weight excluding hydrogens is 268 g/mol. The van der Waals surface area contributed by atoms with Crippen LogP contribution in [0, 0.1) is 0 Å². The topological polar surface area (TPSA) is 55.8 Å². The molecule has 104 valence electrons. The number of aryl methyl sites for hydroxylation is 1. The molecule has 0 spiro atoms. The molecule has 1 aromatic carbocycles. The first-order chi connectivity index (χ1) is 9.13. The molecule has 0 amide bonds. The fourth-order valence-corrected chi connectivity index (χ4v) is 2.67. The quantitative estimate of drug-likeness (QED) is 0.903. The number of benzene rings is 1. The summed E-state index contributed by atoms with van der Waals surface area (Å²) in [4.78, 5) is 10.6. The van der Waals surface area contributed by atoms with Gasteiger partial charge in [-0.2, -0.15) is 0 Å². The van der Waals surface area contributed by atoms with Gasteiger partial charge in [0.1, 0.15) is 13.2 Å². The smallest absolute Gasteiger partial charge is 0.303 e. The van der Waals surface area contributed by atoms with Crippen LogP contribution in [0.15, 0.2) is 6.07 Å². The van der Waals surface area contributed by atoms with Crippen molar-refractivity contribution in [1.29, 1.82) is 0 Å². The first kappa shape index (κ1) is 14.0. The first-order valence-electron chi connectivity index (χ1n) is 6.45. The molecule has 0 atom stereocenters. The van der Waals surface area contributed by atoms with Crippen LogP contribution in [0.2, 0.25) is 5.02 Å². The lowest BCUT2D eigenvalue weighted by Crippen LogP contribution is -2.16. The minimum atomic E-state index is -0.776. The highest BCUT2D eigenvalue weighted by Crippen LogP contribution is 2.42. The molecule has 1 heterocycles. The van der Waals surface area contributed by atoms with Crippen molar-refractivity contribution in [1.82, 2.24) is 0 Å². The number of ether oxygens (including phenoxy) is 2. The first-order valence-corrected chi connectivity index (χ1v) is 6.83. The number of carbonyl (C=O) groups is 1. The van der Waals surface area contributed by atoms with Crippen molar-refractivity contribution < 1.29 is 19.4 Å². The largest absolute Gasteiger partial charge is 0.486 e. The van der Waals surface area contributed by atoms with Crippen molar-refractivity contribution in [3.63, 3.8) is 0 Å². The Morgan fingerprint density at radius 1 is 1.42 bits per heavy atom. The van der Waals surface area contributed by atoms with Gasteiger partial charge in [-0.15, -0.1) is 0 Å². The highest BCUT2D eigenvalue weighted by Gasteiger charge is 2.20. The highest BCUT2D eigenvalue weighted by molar-refractivity contribution is 6.33. The summed E-state index contributed by atoms with van der Waals surface area (Å²) in [5.41, 5.74) is 2.08. The number of carboxylic acids is 1. The summed E-state index contributed by atoms with van der Waals surface area (Å²) in [5.74, 6) is 0.507. The molecule has 2 rings (SSSR count). The summed E-state index contributed by atoms with van der Waals surface area (Å²) >= 11 is 6.35. The van der Waals surface area contributed by atoms with Crippen molar-refractivity contribution in [3.05, 3.63) is 22.2 Å². The van der Waals surface area contributed by atoms with Gasteiger partial charge in [-0.25, -0.2) is 0 Å². The van der Waals surface area contributed by atoms with Crippen LogP contribution in [0.5, 0.6) is 11.5 Å². The molecule has 1 aliphatic rings. The maximum atomic E-state index is 10.6. The molecule has 0 fully saturated rings. The predicted molar refractivity (Wildman–Crippen MR) is 72.4 cm³/mol. The average Bonchev–Trinajstić information content (AvgIpc) is 2.39. The molecule has 0 aromatic heterocycles. The lowest BCUT2D eigenvalue weighted by atomic mass is 9.98. The van der Waals surface area contributed by atoms with E-state index < -0.39 is 5.97 Å². The Morgan fingerprint density at radius 3 is 2.84 bits per heavy atom. The lowest BCUT2D eigenvalue weighted by Gasteiger charge is -2.22. The van der Waals surface area contributed by atoms with Crippen LogP contribution in [0.1, 0.15) is 30.9 Å². The molecule has 1 N–H and O–H groups in total. The third-order valence-electron chi connectivity index (χ3n) is 3.16. The molecule has 5 heteroatoms. The molecule has 1 aliphatic heterocycles. The van der Waals surface area contributed by atoms with E-state index in [1.165, 1.54) is 0 Å². The van der Waals surface area contributed by atoms with E-state index in [0.717, 1.165) is 17.5 Å². The molecule has 4 nitrogen and oxygen atoms in total. The molecule has 1 aromatic rings. The number of hydrogen-bond donors (Lipinski definition) is 1. The zero-order valence-electron chi connectivity index (χ0n) is 10.9.